The third-order valence-corrected chi connectivity index (χ3v) is 2.13. The Kier molecular flexibility index (Phi) is 1.69. The summed E-state index contributed by atoms with van der Waals surface area (Å²) in [5, 5.41) is 0. The highest BCUT2D eigenvalue weighted by molar-refractivity contribution is 5.77. The third-order valence-electron chi connectivity index (χ3n) is 2.13. The summed E-state index contributed by atoms with van der Waals surface area (Å²) >= 11 is 0. The molecule has 11 heavy (non-hydrogen) atoms. The molecule has 64 valence electrons. The molecule has 0 N–H and O–H groups in total. The Morgan fingerprint density at radius 2 is 1.73 bits per heavy atom. The maximum Gasteiger partial charge on any atom is 0.404 e. The van der Waals surface area contributed by atoms with Crippen molar-refractivity contribution in [3.05, 3.63) is 0 Å². The molecule has 0 amide bonds. The van der Waals surface area contributed by atoms with Crippen molar-refractivity contribution in [3.63, 3.8) is 0 Å². The summed E-state index contributed by atoms with van der Waals surface area (Å²) < 4.78 is 47.8. The first-order valence-electron chi connectivity index (χ1n) is 3.17. The Balaban J connectivity index is 2.85. The summed E-state index contributed by atoms with van der Waals surface area (Å²) in [5.74, 6) is 0. The van der Waals surface area contributed by atoms with E-state index in [-0.39, 0.29) is 6.42 Å². The molecule has 0 saturated heterocycles. The average molecular weight is 170 g/mol. The van der Waals surface area contributed by atoms with Crippen LogP contribution in [0.15, 0.2) is 0 Å². The summed E-state index contributed by atoms with van der Waals surface area (Å²) in [6.45, 7) is 0. The molecule has 0 aliphatic heterocycles. The molecule has 0 heterocycles. The Labute approximate surface area is 60.4 Å². The predicted molar refractivity (Wildman–Crippen MR) is 28.5 cm³/mol. The maximum absolute atomic E-state index is 11.9. The molecule has 5 heteroatoms. The number of hydrogen-bond donors (Lipinski definition) is 0. The van der Waals surface area contributed by atoms with E-state index in [1.54, 1.807) is 0 Å². The monoisotopic (exact) mass is 170 g/mol. The van der Waals surface area contributed by atoms with Gasteiger partial charge in [-0.15, -0.1) is 0 Å². The average Bonchev–Trinajstić information content (AvgIpc) is 1.52. The molecule has 0 aromatic carbocycles. The second kappa shape index (κ2) is 2.19. The molecule has 0 bridgehead atoms. The Hall–Kier alpha value is -0.610. The van der Waals surface area contributed by atoms with Gasteiger partial charge in [-0.25, -0.2) is 0 Å². The lowest BCUT2D eigenvalue weighted by molar-refractivity contribution is -0.247. The molecule has 0 aromatic heterocycles. The fourth-order valence-corrected chi connectivity index (χ4v) is 1.12. The van der Waals surface area contributed by atoms with Gasteiger partial charge in [-0.2, -0.15) is 17.6 Å². The standard InChI is InChI=1S/C6H6F4O/c7-4(11)5(2-1-3-5)6(8,9)10/h1-3H2. The minimum absolute atomic E-state index is 0.273. The van der Waals surface area contributed by atoms with Gasteiger partial charge in [0, 0.05) is 0 Å². The second-order valence-corrected chi connectivity index (χ2v) is 2.71. The maximum atomic E-state index is 11.9. The molecule has 0 unspecified atom stereocenters. The normalized spacial score (nSPS) is 22.5. The van der Waals surface area contributed by atoms with E-state index >= 15 is 0 Å². The van der Waals surface area contributed by atoms with Crippen molar-refractivity contribution in [2.24, 2.45) is 5.41 Å². The first-order valence-corrected chi connectivity index (χ1v) is 3.17. The minimum Gasteiger partial charge on any atom is -0.260 e. The van der Waals surface area contributed by atoms with E-state index in [2.05, 4.69) is 0 Å². The van der Waals surface area contributed by atoms with Crippen LogP contribution in [0.5, 0.6) is 0 Å². The summed E-state index contributed by atoms with van der Waals surface area (Å²) in [4.78, 5) is 10.0. The van der Waals surface area contributed by atoms with Crippen LogP contribution in [0.2, 0.25) is 0 Å². The number of halogens is 4. The fraction of sp³-hybridized carbons (Fsp3) is 0.833. The SMILES string of the molecule is O=C(F)C1(C(F)(F)F)CCC1. The lowest BCUT2D eigenvalue weighted by Gasteiger charge is -2.38. The van der Waals surface area contributed by atoms with Gasteiger partial charge in [0.2, 0.25) is 0 Å². The van der Waals surface area contributed by atoms with Gasteiger partial charge in [0.15, 0.2) is 5.41 Å². The predicted octanol–water partition coefficient (Wildman–Crippen LogP) is 2.22. The van der Waals surface area contributed by atoms with Gasteiger partial charge in [0.05, 0.1) is 0 Å². The third kappa shape index (κ3) is 1.02. The van der Waals surface area contributed by atoms with E-state index in [0.717, 1.165) is 0 Å². The van der Waals surface area contributed by atoms with Crippen molar-refractivity contribution in [1.29, 1.82) is 0 Å². The van der Waals surface area contributed by atoms with Crippen molar-refractivity contribution in [1.82, 2.24) is 0 Å². The minimum atomic E-state index is -4.71. The van der Waals surface area contributed by atoms with Crippen molar-refractivity contribution in [2.45, 2.75) is 25.4 Å². The van der Waals surface area contributed by atoms with Gasteiger partial charge in [0.1, 0.15) is 0 Å². The van der Waals surface area contributed by atoms with Crippen LogP contribution in [-0.4, -0.2) is 12.2 Å². The zero-order valence-corrected chi connectivity index (χ0v) is 5.54. The van der Waals surface area contributed by atoms with Crippen molar-refractivity contribution in [2.75, 3.05) is 0 Å². The number of alkyl halides is 3. The molecule has 1 rings (SSSR count). The highest BCUT2D eigenvalue weighted by atomic mass is 19.4. The van der Waals surface area contributed by atoms with Gasteiger partial charge < -0.3 is 0 Å². The zero-order valence-electron chi connectivity index (χ0n) is 5.54. The molecule has 1 nitrogen and oxygen atoms in total. The van der Waals surface area contributed by atoms with Gasteiger partial charge in [0.25, 0.3) is 0 Å². The summed E-state index contributed by atoms with van der Waals surface area (Å²) in [6.07, 6.45) is -5.23. The van der Waals surface area contributed by atoms with E-state index in [9.17, 15) is 22.4 Å². The molecule has 1 fully saturated rings. The highest BCUT2D eigenvalue weighted by Gasteiger charge is 2.63. The number of hydrogen-bond acceptors (Lipinski definition) is 1. The molecular weight excluding hydrogens is 164 g/mol. The molecule has 1 saturated carbocycles. The summed E-state index contributed by atoms with van der Waals surface area (Å²) in [7, 11) is 0. The van der Waals surface area contributed by atoms with Crippen LogP contribution < -0.4 is 0 Å². The van der Waals surface area contributed by atoms with Crippen molar-refractivity contribution >= 4 is 6.04 Å². The van der Waals surface area contributed by atoms with E-state index < -0.39 is 30.5 Å². The van der Waals surface area contributed by atoms with Gasteiger partial charge in [-0.05, 0) is 12.8 Å². The topological polar surface area (TPSA) is 17.1 Å². The van der Waals surface area contributed by atoms with Crippen LogP contribution in [0.25, 0.3) is 0 Å². The summed E-state index contributed by atoms with van der Waals surface area (Å²) in [5.41, 5.74) is -2.65. The Morgan fingerprint density at radius 3 is 1.73 bits per heavy atom. The largest absolute Gasteiger partial charge is 0.404 e. The quantitative estimate of drug-likeness (QED) is 0.435. The zero-order chi connectivity index (χ0) is 8.70. The molecule has 1 aliphatic carbocycles. The molecule has 1 aliphatic rings. The van der Waals surface area contributed by atoms with Crippen molar-refractivity contribution < 1.29 is 22.4 Å². The second-order valence-electron chi connectivity index (χ2n) is 2.71. The van der Waals surface area contributed by atoms with E-state index in [1.807, 2.05) is 0 Å². The molecular formula is C6H6F4O. The van der Waals surface area contributed by atoms with E-state index in [4.69, 9.17) is 0 Å². The van der Waals surface area contributed by atoms with E-state index in [0.29, 0.717) is 0 Å². The molecule has 0 spiro atoms. The first-order chi connectivity index (χ1) is 4.90. The molecule has 0 aromatic rings. The van der Waals surface area contributed by atoms with Crippen LogP contribution in [-0.2, 0) is 4.79 Å². The number of carbonyl (C=O) groups excluding carboxylic acids is 1. The first kappa shape index (κ1) is 8.49. The van der Waals surface area contributed by atoms with Crippen molar-refractivity contribution in [3.8, 4) is 0 Å². The van der Waals surface area contributed by atoms with Crippen LogP contribution in [0.1, 0.15) is 19.3 Å². The van der Waals surface area contributed by atoms with Crippen LogP contribution >= 0.6 is 0 Å². The fourth-order valence-electron chi connectivity index (χ4n) is 1.12. The van der Waals surface area contributed by atoms with Crippen LogP contribution in [0.3, 0.4) is 0 Å². The lowest BCUT2D eigenvalue weighted by Crippen LogP contribution is -2.48. The number of rotatable bonds is 1. The Morgan fingerprint density at radius 1 is 1.27 bits per heavy atom. The smallest absolute Gasteiger partial charge is 0.260 e. The van der Waals surface area contributed by atoms with Crippen LogP contribution in [0, 0.1) is 5.41 Å². The molecule has 0 radical (unpaired) electrons. The summed E-state index contributed by atoms with van der Waals surface area (Å²) in [6, 6.07) is -2.24. The van der Waals surface area contributed by atoms with Gasteiger partial charge in [-0.3, -0.25) is 4.79 Å². The lowest BCUT2D eigenvalue weighted by atomic mass is 9.68. The van der Waals surface area contributed by atoms with Gasteiger partial charge >= 0.3 is 12.2 Å². The molecule has 0 atom stereocenters. The van der Waals surface area contributed by atoms with Gasteiger partial charge in [-0.1, -0.05) is 6.42 Å². The number of carbonyl (C=O) groups is 1. The van der Waals surface area contributed by atoms with E-state index in [1.165, 1.54) is 0 Å². The van der Waals surface area contributed by atoms with Crippen LogP contribution in [0.4, 0.5) is 17.6 Å². The highest BCUT2D eigenvalue weighted by Crippen LogP contribution is 2.53. The Bertz CT molecular complexity index is 180.